The zero-order chi connectivity index (χ0) is 17.7. The van der Waals surface area contributed by atoms with Gasteiger partial charge in [-0.3, -0.25) is 0 Å². The average molecular weight is 377 g/mol. The predicted molar refractivity (Wildman–Crippen MR) is 97.1 cm³/mol. The Morgan fingerprint density at radius 3 is 2.48 bits per heavy atom. The highest BCUT2D eigenvalue weighted by molar-refractivity contribution is 7.89. The van der Waals surface area contributed by atoms with Crippen molar-refractivity contribution >= 4 is 21.4 Å². The molecule has 0 bridgehead atoms. The lowest BCUT2D eigenvalue weighted by atomic mass is 10.3. The summed E-state index contributed by atoms with van der Waals surface area (Å²) in [6, 6.07) is 13.9. The van der Waals surface area contributed by atoms with Crippen molar-refractivity contribution in [1.82, 2.24) is 4.31 Å². The van der Waals surface area contributed by atoms with Crippen LogP contribution in [0.15, 0.2) is 69.5 Å². The van der Waals surface area contributed by atoms with Gasteiger partial charge < -0.3 is 9.15 Å². The van der Waals surface area contributed by atoms with Gasteiger partial charge in [0.05, 0.1) is 24.3 Å². The van der Waals surface area contributed by atoms with Gasteiger partial charge in [0.2, 0.25) is 10.0 Å². The Kier molecular flexibility index (Phi) is 5.57. The summed E-state index contributed by atoms with van der Waals surface area (Å²) in [6.45, 7) is 2.90. The van der Waals surface area contributed by atoms with Crippen LogP contribution in [0.2, 0.25) is 0 Å². The van der Waals surface area contributed by atoms with Crippen molar-refractivity contribution in [3.05, 3.63) is 70.8 Å². The van der Waals surface area contributed by atoms with Gasteiger partial charge >= 0.3 is 0 Å². The summed E-state index contributed by atoms with van der Waals surface area (Å²) in [7, 11) is -3.66. The molecule has 0 radical (unpaired) electrons. The van der Waals surface area contributed by atoms with E-state index >= 15 is 0 Å². The summed E-state index contributed by atoms with van der Waals surface area (Å²) in [5.74, 6) is 1.25. The molecule has 0 spiro atoms. The second-order valence-corrected chi connectivity index (χ2v) is 8.31. The maximum atomic E-state index is 13.1. The molecule has 1 aromatic carbocycles. The molecule has 0 amide bonds. The monoisotopic (exact) mass is 377 g/mol. The Bertz CT molecular complexity index is 834. The summed E-state index contributed by atoms with van der Waals surface area (Å²) >= 11 is 1.53. The number of thiophene rings is 1. The van der Waals surface area contributed by atoms with E-state index in [4.69, 9.17) is 9.15 Å². The number of furan rings is 1. The standard InChI is InChI=1S/C18H19NO4S2/c1-2-22-15-7-9-18(10-8-15)25(20,21)19(13-16-5-3-11-23-16)14-17-6-4-12-24-17/h3-12H,2,13-14H2,1H3. The minimum absolute atomic E-state index is 0.181. The first-order valence-corrected chi connectivity index (χ1v) is 10.2. The van der Waals surface area contributed by atoms with Gasteiger partial charge in [-0.1, -0.05) is 6.07 Å². The van der Waals surface area contributed by atoms with Crippen LogP contribution in [0.3, 0.4) is 0 Å². The highest BCUT2D eigenvalue weighted by Crippen LogP contribution is 2.24. The first-order chi connectivity index (χ1) is 12.1. The fraction of sp³-hybridized carbons (Fsp3) is 0.222. The minimum Gasteiger partial charge on any atom is -0.494 e. The zero-order valence-electron chi connectivity index (χ0n) is 13.8. The zero-order valence-corrected chi connectivity index (χ0v) is 15.4. The molecule has 0 fully saturated rings. The summed E-state index contributed by atoms with van der Waals surface area (Å²) < 4.78 is 38.4. The van der Waals surface area contributed by atoms with Gasteiger partial charge in [-0.2, -0.15) is 4.31 Å². The van der Waals surface area contributed by atoms with Crippen LogP contribution in [0, 0.1) is 0 Å². The van der Waals surface area contributed by atoms with Crippen LogP contribution in [-0.4, -0.2) is 19.3 Å². The summed E-state index contributed by atoms with van der Waals surface area (Å²) in [6.07, 6.45) is 1.54. The van der Waals surface area contributed by atoms with Gasteiger partial charge in [0.15, 0.2) is 0 Å². The molecule has 0 saturated carbocycles. The van der Waals surface area contributed by atoms with E-state index in [1.165, 1.54) is 15.6 Å². The maximum absolute atomic E-state index is 13.1. The normalized spacial score (nSPS) is 11.8. The Morgan fingerprint density at radius 2 is 1.88 bits per heavy atom. The van der Waals surface area contributed by atoms with Crippen LogP contribution in [0.25, 0.3) is 0 Å². The molecule has 0 aliphatic heterocycles. The van der Waals surface area contributed by atoms with Gasteiger partial charge in [0.25, 0.3) is 0 Å². The van der Waals surface area contributed by atoms with Gasteiger partial charge in [0, 0.05) is 11.4 Å². The van der Waals surface area contributed by atoms with Crippen molar-refractivity contribution in [1.29, 1.82) is 0 Å². The summed E-state index contributed by atoms with van der Waals surface area (Å²) in [4.78, 5) is 1.21. The van der Waals surface area contributed by atoms with Gasteiger partial charge in [0.1, 0.15) is 11.5 Å². The highest BCUT2D eigenvalue weighted by Gasteiger charge is 2.26. The fourth-order valence-corrected chi connectivity index (χ4v) is 4.59. The number of hydrogen-bond donors (Lipinski definition) is 0. The van der Waals surface area contributed by atoms with Crippen LogP contribution in [0.5, 0.6) is 5.75 Å². The van der Waals surface area contributed by atoms with Gasteiger partial charge in [-0.15, -0.1) is 11.3 Å². The summed E-state index contributed by atoms with van der Waals surface area (Å²) in [5.41, 5.74) is 0. The molecular formula is C18H19NO4S2. The van der Waals surface area contributed by atoms with Gasteiger partial charge in [-0.25, -0.2) is 8.42 Å². The smallest absolute Gasteiger partial charge is 0.243 e. The molecule has 3 rings (SSSR count). The van der Waals surface area contributed by atoms with E-state index in [9.17, 15) is 8.42 Å². The third-order valence-electron chi connectivity index (χ3n) is 3.60. The van der Waals surface area contributed by atoms with Crippen molar-refractivity contribution in [2.24, 2.45) is 0 Å². The van der Waals surface area contributed by atoms with E-state index in [2.05, 4.69) is 0 Å². The molecule has 0 atom stereocenters. The first kappa shape index (κ1) is 17.7. The predicted octanol–water partition coefficient (Wildman–Crippen LogP) is 4.13. The Hall–Kier alpha value is -2.09. The van der Waals surface area contributed by atoms with Crippen molar-refractivity contribution in [2.75, 3.05) is 6.61 Å². The molecule has 2 heterocycles. The van der Waals surface area contributed by atoms with Crippen LogP contribution in [-0.2, 0) is 23.1 Å². The molecular weight excluding hydrogens is 358 g/mol. The molecule has 25 heavy (non-hydrogen) atoms. The number of benzene rings is 1. The molecule has 2 aromatic heterocycles. The van der Waals surface area contributed by atoms with Crippen LogP contribution >= 0.6 is 11.3 Å². The lowest BCUT2D eigenvalue weighted by molar-refractivity contribution is 0.339. The number of nitrogens with zero attached hydrogens (tertiary/aromatic N) is 1. The number of ether oxygens (including phenoxy) is 1. The highest BCUT2D eigenvalue weighted by atomic mass is 32.2. The third kappa shape index (κ3) is 4.31. The lowest BCUT2D eigenvalue weighted by Gasteiger charge is -2.21. The number of rotatable bonds is 8. The molecule has 5 nitrogen and oxygen atoms in total. The van der Waals surface area contributed by atoms with Crippen molar-refractivity contribution in [3.63, 3.8) is 0 Å². The van der Waals surface area contributed by atoms with Crippen LogP contribution in [0.1, 0.15) is 17.6 Å². The van der Waals surface area contributed by atoms with E-state index in [0.29, 0.717) is 24.7 Å². The largest absolute Gasteiger partial charge is 0.494 e. The Morgan fingerprint density at radius 1 is 1.08 bits per heavy atom. The lowest BCUT2D eigenvalue weighted by Crippen LogP contribution is -2.29. The second kappa shape index (κ2) is 7.86. The van der Waals surface area contributed by atoms with E-state index in [1.807, 2.05) is 24.4 Å². The number of sulfonamides is 1. The van der Waals surface area contributed by atoms with E-state index in [0.717, 1.165) is 4.88 Å². The molecule has 0 saturated heterocycles. The van der Waals surface area contributed by atoms with Crippen molar-refractivity contribution in [2.45, 2.75) is 24.9 Å². The number of hydrogen-bond acceptors (Lipinski definition) is 5. The van der Waals surface area contributed by atoms with Crippen molar-refractivity contribution < 1.29 is 17.6 Å². The first-order valence-electron chi connectivity index (χ1n) is 7.87. The van der Waals surface area contributed by atoms with E-state index in [1.54, 1.807) is 42.7 Å². The topological polar surface area (TPSA) is 59.8 Å². The van der Waals surface area contributed by atoms with E-state index in [-0.39, 0.29) is 11.4 Å². The van der Waals surface area contributed by atoms with Crippen molar-refractivity contribution in [3.8, 4) is 5.75 Å². The van der Waals surface area contributed by atoms with Crippen LogP contribution < -0.4 is 4.74 Å². The van der Waals surface area contributed by atoms with Crippen LogP contribution in [0.4, 0.5) is 0 Å². The maximum Gasteiger partial charge on any atom is 0.243 e. The molecule has 0 N–H and O–H groups in total. The molecule has 0 aliphatic rings. The SMILES string of the molecule is CCOc1ccc(S(=O)(=O)N(Cc2ccco2)Cc2cccs2)cc1. The molecule has 0 unspecified atom stereocenters. The van der Waals surface area contributed by atoms with E-state index < -0.39 is 10.0 Å². The Balaban J connectivity index is 1.89. The average Bonchev–Trinajstić information content (AvgIpc) is 3.29. The molecule has 0 aliphatic carbocycles. The van der Waals surface area contributed by atoms with Gasteiger partial charge in [-0.05, 0) is 54.8 Å². The Labute approximate surface area is 151 Å². The molecule has 132 valence electrons. The molecule has 7 heteroatoms. The minimum atomic E-state index is -3.66. The third-order valence-corrected chi connectivity index (χ3v) is 6.26. The fourth-order valence-electron chi connectivity index (χ4n) is 2.40. The second-order valence-electron chi connectivity index (χ2n) is 5.34. The quantitative estimate of drug-likeness (QED) is 0.592. The summed E-state index contributed by atoms with van der Waals surface area (Å²) in [5, 5.41) is 1.93. The molecule has 3 aromatic rings.